The number of carbonyl (C=O) groups excluding carboxylic acids is 1. The number of halogens is 2. The molecule has 164 valence electrons. The summed E-state index contributed by atoms with van der Waals surface area (Å²) in [7, 11) is -3.78. The lowest BCUT2D eigenvalue weighted by molar-refractivity contribution is 0.0955. The highest BCUT2D eigenvalue weighted by Gasteiger charge is 2.23. The van der Waals surface area contributed by atoms with E-state index in [1.807, 2.05) is 0 Å². The van der Waals surface area contributed by atoms with Crippen LogP contribution in [0.25, 0.3) is 0 Å². The van der Waals surface area contributed by atoms with E-state index in [4.69, 9.17) is 23.2 Å². The number of hydrogen-bond donors (Lipinski definition) is 1. The van der Waals surface area contributed by atoms with Gasteiger partial charge in [0.25, 0.3) is 15.9 Å². The quantitative estimate of drug-likeness (QED) is 0.271. The van der Waals surface area contributed by atoms with Crippen LogP contribution in [0.15, 0.2) is 95.4 Å². The number of rotatable bonds is 8. The van der Waals surface area contributed by atoms with E-state index in [1.54, 1.807) is 48.5 Å². The fraction of sp³-hybridized carbons (Fsp3) is 0.0435. The lowest BCUT2D eigenvalue weighted by Gasteiger charge is -2.23. The Morgan fingerprint density at radius 1 is 1.00 bits per heavy atom. The van der Waals surface area contributed by atoms with Gasteiger partial charge in [-0.2, -0.15) is 5.10 Å². The summed E-state index contributed by atoms with van der Waals surface area (Å²) in [6.45, 7) is 3.73. The summed E-state index contributed by atoms with van der Waals surface area (Å²) >= 11 is 11.8. The fourth-order valence-electron chi connectivity index (χ4n) is 2.78. The molecule has 0 aliphatic carbocycles. The van der Waals surface area contributed by atoms with Crippen LogP contribution in [0.3, 0.4) is 0 Å². The van der Waals surface area contributed by atoms with Crippen molar-refractivity contribution < 1.29 is 13.2 Å². The second-order valence-electron chi connectivity index (χ2n) is 6.56. The van der Waals surface area contributed by atoms with E-state index < -0.39 is 15.9 Å². The highest BCUT2D eigenvalue weighted by molar-refractivity contribution is 7.92. The first kappa shape index (κ1) is 23.5. The van der Waals surface area contributed by atoms with Crippen LogP contribution in [-0.4, -0.2) is 27.1 Å². The Morgan fingerprint density at radius 2 is 1.69 bits per heavy atom. The Bertz CT molecular complexity index is 1250. The molecule has 3 rings (SSSR count). The van der Waals surface area contributed by atoms with Crippen molar-refractivity contribution in [2.75, 3.05) is 10.8 Å². The minimum atomic E-state index is -3.78. The Balaban J connectivity index is 1.74. The number of nitrogens with zero attached hydrogens (tertiary/aromatic N) is 2. The van der Waals surface area contributed by atoms with Gasteiger partial charge in [-0.15, -0.1) is 6.58 Å². The summed E-state index contributed by atoms with van der Waals surface area (Å²) in [5, 5.41) is 4.71. The van der Waals surface area contributed by atoms with Crippen molar-refractivity contribution in [1.29, 1.82) is 0 Å². The van der Waals surface area contributed by atoms with Gasteiger partial charge in [-0.3, -0.25) is 9.10 Å². The van der Waals surface area contributed by atoms with Crippen molar-refractivity contribution >= 4 is 51.0 Å². The molecule has 3 aromatic carbocycles. The molecule has 0 aliphatic heterocycles. The number of amides is 1. The maximum absolute atomic E-state index is 13.0. The van der Waals surface area contributed by atoms with Crippen LogP contribution in [0.2, 0.25) is 10.0 Å². The molecule has 3 aromatic rings. The average molecular weight is 488 g/mol. The first-order valence-corrected chi connectivity index (χ1v) is 11.6. The smallest absolute Gasteiger partial charge is 0.267 e. The predicted molar refractivity (Wildman–Crippen MR) is 129 cm³/mol. The molecule has 1 N–H and O–H groups in total. The predicted octanol–water partition coefficient (Wildman–Crippen LogP) is 5.14. The third-order valence-electron chi connectivity index (χ3n) is 4.37. The molecule has 9 heteroatoms. The molecule has 1 amide bonds. The van der Waals surface area contributed by atoms with Crippen LogP contribution in [-0.2, 0) is 10.0 Å². The van der Waals surface area contributed by atoms with Gasteiger partial charge in [0.15, 0.2) is 0 Å². The van der Waals surface area contributed by atoms with E-state index >= 15 is 0 Å². The third-order valence-corrected chi connectivity index (χ3v) is 6.91. The van der Waals surface area contributed by atoms with Gasteiger partial charge < -0.3 is 0 Å². The molecule has 0 saturated heterocycles. The van der Waals surface area contributed by atoms with E-state index in [1.165, 1.54) is 40.9 Å². The number of anilines is 1. The Kier molecular flexibility index (Phi) is 7.69. The van der Waals surface area contributed by atoms with Gasteiger partial charge in [0, 0.05) is 5.56 Å². The lowest BCUT2D eigenvalue weighted by Crippen LogP contribution is -2.31. The van der Waals surface area contributed by atoms with E-state index in [0.29, 0.717) is 26.9 Å². The lowest BCUT2D eigenvalue weighted by atomic mass is 10.2. The molecule has 0 saturated carbocycles. The molecule has 0 heterocycles. The topological polar surface area (TPSA) is 78.8 Å². The van der Waals surface area contributed by atoms with Crippen LogP contribution in [0.4, 0.5) is 5.69 Å². The summed E-state index contributed by atoms with van der Waals surface area (Å²) in [5.74, 6) is -0.450. The summed E-state index contributed by atoms with van der Waals surface area (Å²) in [4.78, 5) is 12.5. The van der Waals surface area contributed by atoms with E-state index in [-0.39, 0.29) is 11.4 Å². The zero-order valence-corrected chi connectivity index (χ0v) is 19.1. The summed E-state index contributed by atoms with van der Waals surface area (Å²) in [5.41, 5.74) is 3.81. The zero-order chi connectivity index (χ0) is 23.1. The summed E-state index contributed by atoms with van der Waals surface area (Å²) in [6, 6.07) is 19.2. The molecule has 0 fully saturated rings. The maximum atomic E-state index is 13.0. The van der Waals surface area contributed by atoms with Crippen molar-refractivity contribution in [3.63, 3.8) is 0 Å². The van der Waals surface area contributed by atoms with Crippen molar-refractivity contribution in [1.82, 2.24) is 5.43 Å². The molecule has 32 heavy (non-hydrogen) atoms. The number of sulfonamides is 1. The molecule has 0 bridgehead atoms. The fourth-order valence-corrected chi connectivity index (χ4v) is 4.54. The van der Waals surface area contributed by atoms with Gasteiger partial charge in [0.1, 0.15) is 0 Å². The van der Waals surface area contributed by atoms with Crippen LogP contribution < -0.4 is 9.73 Å². The highest BCUT2D eigenvalue weighted by Crippen LogP contribution is 2.24. The number of carbonyl (C=O) groups is 1. The van der Waals surface area contributed by atoms with Gasteiger partial charge in [-0.25, -0.2) is 13.8 Å². The maximum Gasteiger partial charge on any atom is 0.271 e. The standard InChI is InChI=1S/C23H19Cl2N3O3S/c1-2-14-28(32(30,31)20-6-4-3-5-7-20)19-11-9-18(10-12-19)23(29)27-26-16-17-8-13-21(24)22(25)15-17/h2-13,15-16H,1,14H2,(H,27,29)/b26-16-. The van der Waals surface area contributed by atoms with E-state index in [9.17, 15) is 13.2 Å². The summed E-state index contributed by atoms with van der Waals surface area (Å²) in [6.07, 6.45) is 2.94. The Labute approximate surface area is 196 Å². The molecule has 0 radical (unpaired) electrons. The van der Waals surface area contributed by atoms with Gasteiger partial charge in [0.05, 0.1) is 33.4 Å². The molecule has 6 nitrogen and oxygen atoms in total. The molecular weight excluding hydrogens is 469 g/mol. The Hall–Kier alpha value is -3.13. The normalized spacial score (nSPS) is 11.3. The first-order chi connectivity index (χ1) is 15.3. The van der Waals surface area contributed by atoms with Crippen molar-refractivity contribution in [2.45, 2.75) is 4.90 Å². The van der Waals surface area contributed by atoms with Crippen molar-refractivity contribution in [3.8, 4) is 0 Å². The number of nitrogens with one attached hydrogen (secondary N) is 1. The van der Waals surface area contributed by atoms with E-state index in [2.05, 4.69) is 17.1 Å². The molecule has 0 aromatic heterocycles. The van der Waals surface area contributed by atoms with Crippen LogP contribution in [0.5, 0.6) is 0 Å². The highest BCUT2D eigenvalue weighted by atomic mass is 35.5. The minimum absolute atomic E-state index is 0.0801. The van der Waals surface area contributed by atoms with Crippen LogP contribution >= 0.6 is 23.2 Å². The second-order valence-corrected chi connectivity index (χ2v) is 9.23. The van der Waals surface area contributed by atoms with E-state index in [0.717, 1.165) is 0 Å². The third kappa shape index (κ3) is 5.56. The summed E-state index contributed by atoms with van der Waals surface area (Å²) < 4.78 is 27.3. The average Bonchev–Trinajstić information content (AvgIpc) is 2.80. The van der Waals surface area contributed by atoms with Gasteiger partial charge >= 0.3 is 0 Å². The number of hydrazone groups is 1. The first-order valence-electron chi connectivity index (χ1n) is 9.40. The van der Waals surface area contributed by atoms with Crippen molar-refractivity contribution in [2.24, 2.45) is 5.10 Å². The number of hydrogen-bond acceptors (Lipinski definition) is 4. The Morgan fingerprint density at radius 3 is 2.31 bits per heavy atom. The molecule has 0 atom stereocenters. The molecular formula is C23H19Cl2N3O3S. The van der Waals surface area contributed by atoms with Crippen LogP contribution in [0, 0.1) is 0 Å². The molecule has 0 unspecified atom stereocenters. The largest absolute Gasteiger partial charge is 0.271 e. The molecule has 0 aliphatic rings. The van der Waals surface area contributed by atoms with Crippen LogP contribution in [0.1, 0.15) is 15.9 Å². The zero-order valence-electron chi connectivity index (χ0n) is 16.8. The molecule has 0 spiro atoms. The second kappa shape index (κ2) is 10.5. The SMILES string of the molecule is C=CCN(c1ccc(C(=O)N/N=C\c2ccc(Cl)c(Cl)c2)cc1)S(=O)(=O)c1ccccc1. The number of benzene rings is 3. The van der Waals surface area contributed by atoms with Gasteiger partial charge in [-0.05, 0) is 54.1 Å². The minimum Gasteiger partial charge on any atom is -0.267 e. The van der Waals surface area contributed by atoms with Crippen molar-refractivity contribution in [3.05, 3.63) is 107 Å². The van der Waals surface area contributed by atoms with Gasteiger partial charge in [-0.1, -0.05) is 53.5 Å². The van der Waals surface area contributed by atoms with Gasteiger partial charge in [0.2, 0.25) is 0 Å². The monoisotopic (exact) mass is 487 g/mol.